The summed E-state index contributed by atoms with van der Waals surface area (Å²) in [5, 5.41) is 0. The maximum Gasteiger partial charge on any atom is 0.661 e. The van der Waals surface area contributed by atoms with Crippen molar-refractivity contribution in [2.24, 2.45) is 5.41 Å². The van der Waals surface area contributed by atoms with Crippen LogP contribution in [0.5, 0.6) is 0 Å². The fraction of sp³-hybridized carbons (Fsp3) is 1.00. The van der Waals surface area contributed by atoms with E-state index in [1.807, 2.05) is 0 Å². The number of hydrogen-bond donors (Lipinski definition) is 0. The summed E-state index contributed by atoms with van der Waals surface area (Å²) in [6.45, 7) is 22.7. The van der Waals surface area contributed by atoms with Gasteiger partial charge in [0.15, 0.2) is 0 Å². The number of ether oxygens (including phenoxy) is 4. The highest BCUT2D eigenvalue weighted by Gasteiger charge is 2.58. The fourth-order valence-corrected chi connectivity index (χ4v) is 17.8. The Bertz CT molecular complexity index is 644. The summed E-state index contributed by atoms with van der Waals surface area (Å²) in [5.74, 6) is 0. The SMILES string of the molecule is CCCCOCCO[Si]1(OCCOCCCC)O[SiH2]O[Si](OCCOCCCC)(OCCOCCCC)O[SiH](C(C)CC(C)(C)C)O1. The largest absolute Gasteiger partial charge is 0.661 e. The van der Waals surface area contributed by atoms with Crippen molar-refractivity contribution in [3.8, 4) is 0 Å². The van der Waals surface area contributed by atoms with Gasteiger partial charge in [-0.1, -0.05) is 81.1 Å². The van der Waals surface area contributed by atoms with E-state index >= 15 is 0 Å². The van der Waals surface area contributed by atoms with Crippen LogP contribution in [0.2, 0.25) is 5.54 Å². The van der Waals surface area contributed by atoms with Crippen LogP contribution in [0.1, 0.15) is 113 Å². The lowest BCUT2D eigenvalue weighted by molar-refractivity contribution is -0.0359. The van der Waals surface area contributed by atoms with Gasteiger partial charge in [0.2, 0.25) is 0 Å². The van der Waals surface area contributed by atoms with E-state index in [1.54, 1.807) is 0 Å². The molecular formula is C31H70O12Si4. The molecule has 12 nitrogen and oxygen atoms in total. The molecule has 1 rings (SSSR count). The molecule has 1 unspecified atom stereocenters. The molecule has 0 N–H and O–H groups in total. The normalized spacial score (nSPS) is 19.5. The Hall–Kier alpha value is 0.388. The lowest BCUT2D eigenvalue weighted by atomic mass is 9.91. The van der Waals surface area contributed by atoms with Crippen molar-refractivity contribution in [1.82, 2.24) is 0 Å². The summed E-state index contributed by atoms with van der Waals surface area (Å²) in [6, 6.07) is 0. The van der Waals surface area contributed by atoms with Crippen molar-refractivity contribution in [2.45, 2.75) is 119 Å². The van der Waals surface area contributed by atoms with Gasteiger partial charge in [0, 0.05) is 26.4 Å². The Kier molecular flexibility index (Phi) is 27.1. The van der Waals surface area contributed by atoms with Gasteiger partial charge >= 0.3 is 27.4 Å². The summed E-state index contributed by atoms with van der Waals surface area (Å²) < 4.78 is 75.2. The van der Waals surface area contributed by atoms with Crippen LogP contribution in [0.25, 0.3) is 0 Å². The molecule has 16 heteroatoms. The summed E-state index contributed by atoms with van der Waals surface area (Å²) in [5.41, 5.74) is 0.0550. The van der Waals surface area contributed by atoms with E-state index < -0.39 is 37.4 Å². The average Bonchev–Trinajstić information content (AvgIpc) is 3.02. The summed E-state index contributed by atoms with van der Waals surface area (Å²) in [7, 11) is -11.9. The second kappa shape index (κ2) is 28.0. The van der Waals surface area contributed by atoms with E-state index in [4.69, 9.17) is 53.1 Å². The Morgan fingerprint density at radius 3 is 1.13 bits per heavy atom. The Labute approximate surface area is 293 Å². The van der Waals surface area contributed by atoms with Gasteiger partial charge < -0.3 is 53.1 Å². The van der Waals surface area contributed by atoms with Crippen molar-refractivity contribution in [1.29, 1.82) is 0 Å². The lowest BCUT2D eigenvalue weighted by Crippen LogP contribution is -2.64. The minimum atomic E-state index is -3.70. The topological polar surface area (TPSA) is 111 Å². The highest BCUT2D eigenvalue weighted by Crippen LogP contribution is 2.34. The van der Waals surface area contributed by atoms with E-state index in [0.29, 0.717) is 52.9 Å². The molecule has 0 aromatic carbocycles. The molecule has 1 atom stereocenters. The molecule has 0 bridgehead atoms. The van der Waals surface area contributed by atoms with Gasteiger partial charge in [0.1, 0.15) is 0 Å². The number of hydrogen-bond acceptors (Lipinski definition) is 12. The van der Waals surface area contributed by atoms with Crippen LogP contribution in [0, 0.1) is 5.41 Å². The molecule has 0 aromatic heterocycles. The number of unbranched alkanes of at least 4 members (excludes halogenated alkanes) is 4. The van der Waals surface area contributed by atoms with Crippen LogP contribution in [0.3, 0.4) is 0 Å². The summed E-state index contributed by atoms with van der Waals surface area (Å²) >= 11 is 0. The third-order valence-corrected chi connectivity index (χ3v) is 18.3. The van der Waals surface area contributed by atoms with Crippen LogP contribution in [0.4, 0.5) is 0 Å². The minimum absolute atomic E-state index is 0.0241. The average molecular weight is 747 g/mol. The van der Waals surface area contributed by atoms with Gasteiger partial charge in [-0.15, -0.1) is 0 Å². The first-order valence-electron chi connectivity index (χ1n) is 18.1. The molecule has 1 saturated heterocycles. The van der Waals surface area contributed by atoms with E-state index in [9.17, 15) is 0 Å². The standard InChI is InChI=1S/C31H70O12Si4/c1-9-13-17-32-21-25-36-46(37-26-22-33-18-14-10-2)40-44-41-47(38-27-23-34-19-15-11-3,39-28-24-35-20-16-12-4)43-45(42-46)30(5)29-31(6,7)8/h30,45H,9-29,44H2,1-8H3. The van der Waals surface area contributed by atoms with Crippen molar-refractivity contribution < 1.29 is 53.1 Å². The maximum atomic E-state index is 6.86. The molecule has 47 heavy (non-hydrogen) atoms. The smallest absolute Gasteiger partial charge is 0.379 e. The van der Waals surface area contributed by atoms with Gasteiger partial charge in [-0.25, -0.2) is 0 Å². The molecule has 0 aliphatic carbocycles. The molecule has 0 amide bonds. The predicted octanol–water partition coefficient (Wildman–Crippen LogP) is 5.32. The fourth-order valence-electron chi connectivity index (χ4n) is 4.53. The van der Waals surface area contributed by atoms with Crippen LogP contribution < -0.4 is 0 Å². The van der Waals surface area contributed by atoms with Crippen LogP contribution in [0.15, 0.2) is 0 Å². The van der Waals surface area contributed by atoms with Gasteiger partial charge in [0.25, 0.3) is 10.0 Å². The molecule has 282 valence electrons. The molecule has 1 aliphatic heterocycles. The zero-order valence-corrected chi connectivity index (χ0v) is 35.7. The van der Waals surface area contributed by atoms with Gasteiger partial charge in [0.05, 0.1) is 52.9 Å². The van der Waals surface area contributed by atoms with E-state index in [1.165, 1.54) is 0 Å². The predicted molar refractivity (Wildman–Crippen MR) is 192 cm³/mol. The highest BCUT2D eigenvalue weighted by atomic mass is 28.5. The summed E-state index contributed by atoms with van der Waals surface area (Å²) in [6.07, 6.45) is 9.09. The van der Waals surface area contributed by atoms with Gasteiger partial charge in [-0.05, 0) is 43.1 Å². The van der Waals surface area contributed by atoms with Crippen LogP contribution in [-0.2, 0) is 53.1 Å². The first-order valence-corrected chi connectivity index (χ1v) is 24.2. The number of rotatable bonds is 30. The molecule has 1 fully saturated rings. The zero-order valence-electron chi connectivity index (χ0n) is 31.1. The molecule has 1 aliphatic rings. The van der Waals surface area contributed by atoms with Crippen molar-refractivity contribution in [3.63, 3.8) is 0 Å². The third kappa shape index (κ3) is 22.7. The molecule has 1 heterocycles. The molecule has 0 spiro atoms. The van der Waals surface area contributed by atoms with Crippen molar-refractivity contribution >= 4 is 37.4 Å². The molecule has 0 radical (unpaired) electrons. The van der Waals surface area contributed by atoms with Crippen LogP contribution in [-0.4, -0.2) is 117 Å². The highest BCUT2D eigenvalue weighted by molar-refractivity contribution is 6.76. The van der Waals surface area contributed by atoms with E-state index in [-0.39, 0.29) is 37.4 Å². The first kappa shape index (κ1) is 45.4. The second-order valence-corrected chi connectivity index (χ2v) is 22.5. The first-order chi connectivity index (χ1) is 22.6. The van der Waals surface area contributed by atoms with E-state index in [2.05, 4.69) is 55.4 Å². The zero-order chi connectivity index (χ0) is 34.7. The van der Waals surface area contributed by atoms with E-state index in [0.717, 1.165) is 57.8 Å². The molecular weight excluding hydrogens is 677 g/mol. The Morgan fingerprint density at radius 1 is 0.532 bits per heavy atom. The minimum Gasteiger partial charge on any atom is -0.379 e. The van der Waals surface area contributed by atoms with Crippen LogP contribution >= 0.6 is 0 Å². The summed E-state index contributed by atoms with van der Waals surface area (Å²) in [4.78, 5) is 0. The van der Waals surface area contributed by atoms with Gasteiger partial charge in [-0.2, -0.15) is 0 Å². The molecule has 0 saturated carbocycles. The molecule has 0 aromatic rings. The maximum absolute atomic E-state index is 6.86. The third-order valence-electron chi connectivity index (χ3n) is 6.99. The lowest BCUT2D eigenvalue weighted by Gasteiger charge is -2.41. The quantitative estimate of drug-likeness (QED) is 0.0702. The van der Waals surface area contributed by atoms with Gasteiger partial charge in [-0.3, -0.25) is 0 Å². The Morgan fingerprint density at radius 2 is 0.851 bits per heavy atom. The second-order valence-electron chi connectivity index (χ2n) is 13.0. The monoisotopic (exact) mass is 746 g/mol. The van der Waals surface area contributed by atoms with Crippen molar-refractivity contribution in [3.05, 3.63) is 0 Å². The van der Waals surface area contributed by atoms with Crippen molar-refractivity contribution in [2.75, 3.05) is 79.3 Å². The Balaban J connectivity index is 3.22.